The Bertz CT molecular complexity index is 2560. The molecular formula is C43H30N2O. The summed E-state index contributed by atoms with van der Waals surface area (Å²) < 4.78 is 10.7. The van der Waals surface area contributed by atoms with Gasteiger partial charge >= 0.3 is 0 Å². The van der Waals surface area contributed by atoms with Crippen LogP contribution in [0.1, 0.15) is 0 Å². The fourth-order valence-electron chi connectivity index (χ4n) is 7.19. The Hall–Kier alpha value is -6.06. The maximum atomic E-state index is 5.92. The van der Waals surface area contributed by atoms with Gasteiger partial charge in [0.25, 0.3) is 0 Å². The van der Waals surface area contributed by atoms with Crippen LogP contribution in [0.15, 0.2) is 164 Å². The normalized spacial score (nSPS) is 11.6. The third-order valence-corrected chi connectivity index (χ3v) is 9.22. The van der Waals surface area contributed by atoms with Gasteiger partial charge in [-0.3, -0.25) is 0 Å². The van der Waals surface area contributed by atoms with E-state index in [1.54, 1.807) is 7.11 Å². The smallest absolute Gasteiger partial charge is 0.128 e. The summed E-state index contributed by atoms with van der Waals surface area (Å²) in [5.74, 6) is 0.856. The predicted octanol–water partition coefficient (Wildman–Crippen LogP) is 11.2. The van der Waals surface area contributed by atoms with Crippen LogP contribution in [0.4, 0.5) is 0 Å². The highest BCUT2D eigenvalue weighted by atomic mass is 16.5. The lowest BCUT2D eigenvalue weighted by atomic mass is 10.0. The highest BCUT2D eigenvalue weighted by Gasteiger charge is 2.19. The molecule has 2 aromatic heterocycles. The number of methoxy groups -OCH3 is 1. The first kappa shape index (κ1) is 26.4. The summed E-state index contributed by atoms with van der Waals surface area (Å²) in [5.41, 5.74) is 11.6. The number of hydrogen-bond acceptors (Lipinski definition) is 1. The standard InChI is InChI=1S/C43H30N2O/c1-46-42-22-12-21-41(43(42)29-13-4-2-5-14-29)45-38-20-11-9-18-34(38)36-28-31(24-26-40(36)45)30-23-25-39-35(27-30)33-17-8-10-19-37(33)44(39)32-15-6-3-7-16-32/h2-28H,1H3. The molecular weight excluding hydrogens is 560 g/mol. The van der Waals surface area contributed by atoms with Crippen molar-refractivity contribution in [3.05, 3.63) is 164 Å². The summed E-state index contributed by atoms with van der Waals surface area (Å²) in [7, 11) is 1.75. The van der Waals surface area contributed by atoms with Crippen molar-refractivity contribution in [2.45, 2.75) is 0 Å². The second-order valence-electron chi connectivity index (χ2n) is 11.7. The van der Waals surface area contributed by atoms with E-state index in [4.69, 9.17) is 4.74 Å². The van der Waals surface area contributed by atoms with Crippen LogP contribution < -0.4 is 4.74 Å². The van der Waals surface area contributed by atoms with Gasteiger partial charge in [0.2, 0.25) is 0 Å². The third-order valence-electron chi connectivity index (χ3n) is 9.22. The van der Waals surface area contributed by atoms with E-state index in [-0.39, 0.29) is 0 Å². The first-order chi connectivity index (χ1) is 22.8. The van der Waals surface area contributed by atoms with E-state index in [2.05, 4.69) is 167 Å². The van der Waals surface area contributed by atoms with E-state index in [9.17, 15) is 0 Å². The minimum absolute atomic E-state index is 0.856. The molecule has 3 heteroatoms. The van der Waals surface area contributed by atoms with E-state index in [0.29, 0.717) is 0 Å². The van der Waals surface area contributed by atoms with Crippen molar-refractivity contribution in [2.75, 3.05) is 7.11 Å². The van der Waals surface area contributed by atoms with Crippen LogP contribution in [0.2, 0.25) is 0 Å². The molecule has 0 amide bonds. The lowest BCUT2D eigenvalue weighted by Crippen LogP contribution is -1.99. The molecule has 9 rings (SSSR count). The third kappa shape index (κ3) is 3.99. The van der Waals surface area contributed by atoms with Gasteiger partial charge in [0.15, 0.2) is 0 Å². The maximum Gasteiger partial charge on any atom is 0.128 e. The molecule has 0 spiro atoms. The van der Waals surface area contributed by atoms with Crippen molar-refractivity contribution in [3.63, 3.8) is 0 Å². The zero-order chi connectivity index (χ0) is 30.6. The van der Waals surface area contributed by atoms with E-state index in [0.717, 1.165) is 28.1 Å². The molecule has 0 aliphatic heterocycles. The van der Waals surface area contributed by atoms with Crippen LogP contribution in [0.5, 0.6) is 5.75 Å². The topological polar surface area (TPSA) is 19.1 Å². The Morgan fingerprint density at radius 3 is 1.54 bits per heavy atom. The first-order valence-corrected chi connectivity index (χ1v) is 15.7. The van der Waals surface area contributed by atoms with Gasteiger partial charge in [-0.15, -0.1) is 0 Å². The average molecular weight is 591 g/mol. The SMILES string of the molecule is COc1cccc(-n2c3ccccc3c3cc(-c4ccc5c(c4)c4ccccc4n5-c4ccccc4)ccc32)c1-c1ccccc1. The molecule has 0 atom stereocenters. The fraction of sp³-hybridized carbons (Fsp3) is 0.0233. The van der Waals surface area contributed by atoms with Gasteiger partial charge in [0, 0.05) is 32.8 Å². The summed E-state index contributed by atoms with van der Waals surface area (Å²) >= 11 is 0. The number of ether oxygens (including phenoxy) is 1. The lowest BCUT2D eigenvalue weighted by Gasteiger charge is -2.17. The highest BCUT2D eigenvalue weighted by Crippen LogP contribution is 2.42. The molecule has 7 aromatic carbocycles. The van der Waals surface area contributed by atoms with E-state index in [1.165, 1.54) is 54.9 Å². The van der Waals surface area contributed by atoms with Crippen LogP contribution in [0.3, 0.4) is 0 Å². The van der Waals surface area contributed by atoms with Crippen LogP contribution >= 0.6 is 0 Å². The van der Waals surface area contributed by atoms with Gasteiger partial charge in [-0.05, 0) is 77.4 Å². The van der Waals surface area contributed by atoms with Crippen LogP contribution in [0, 0.1) is 0 Å². The molecule has 2 heterocycles. The minimum Gasteiger partial charge on any atom is -0.496 e. The van der Waals surface area contributed by atoms with Gasteiger partial charge in [-0.25, -0.2) is 0 Å². The number of benzene rings is 7. The Morgan fingerprint density at radius 2 is 0.913 bits per heavy atom. The lowest BCUT2D eigenvalue weighted by molar-refractivity contribution is 0.416. The number of fused-ring (bicyclic) bond motifs is 6. The van der Waals surface area contributed by atoms with Crippen molar-refractivity contribution in [2.24, 2.45) is 0 Å². The molecule has 3 nitrogen and oxygen atoms in total. The van der Waals surface area contributed by atoms with E-state index >= 15 is 0 Å². The summed E-state index contributed by atoms with van der Waals surface area (Å²) in [6.45, 7) is 0. The summed E-state index contributed by atoms with van der Waals surface area (Å²) in [6, 6.07) is 58.6. The summed E-state index contributed by atoms with van der Waals surface area (Å²) in [5, 5.41) is 4.96. The van der Waals surface area contributed by atoms with Crippen LogP contribution in [-0.2, 0) is 0 Å². The van der Waals surface area contributed by atoms with Gasteiger partial charge in [0.1, 0.15) is 5.75 Å². The Balaban J connectivity index is 1.27. The Morgan fingerprint density at radius 1 is 0.391 bits per heavy atom. The largest absolute Gasteiger partial charge is 0.496 e. The summed E-state index contributed by atoms with van der Waals surface area (Å²) in [6.07, 6.45) is 0. The number of aromatic nitrogens is 2. The number of hydrogen-bond donors (Lipinski definition) is 0. The van der Waals surface area contributed by atoms with Gasteiger partial charge in [0.05, 0.1) is 34.9 Å². The molecule has 0 aliphatic rings. The number of rotatable bonds is 5. The molecule has 0 unspecified atom stereocenters. The van der Waals surface area contributed by atoms with E-state index < -0.39 is 0 Å². The minimum atomic E-state index is 0.856. The molecule has 0 saturated heterocycles. The van der Waals surface area contributed by atoms with E-state index in [1.807, 2.05) is 6.07 Å². The molecule has 0 radical (unpaired) electrons. The quantitative estimate of drug-likeness (QED) is 0.195. The molecule has 218 valence electrons. The van der Waals surface area contributed by atoms with Crippen molar-refractivity contribution in [1.82, 2.24) is 9.13 Å². The molecule has 0 fully saturated rings. The van der Waals surface area contributed by atoms with Crippen molar-refractivity contribution in [1.29, 1.82) is 0 Å². The van der Waals surface area contributed by atoms with Crippen molar-refractivity contribution < 1.29 is 4.74 Å². The average Bonchev–Trinajstić information content (AvgIpc) is 3.64. The zero-order valence-corrected chi connectivity index (χ0v) is 25.4. The number of para-hydroxylation sites is 3. The summed E-state index contributed by atoms with van der Waals surface area (Å²) in [4.78, 5) is 0. The van der Waals surface area contributed by atoms with Crippen molar-refractivity contribution in [3.8, 4) is 39.4 Å². The second kappa shape index (κ2) is 10.5. The highest BCUT2D eigenvalue weighted by molar-refractivity contribution is 6.13. The molecule has 0 aliphatic carbocycles. The Kier molecular flexibility index (Phi) is 6.04. The van der Waals surface area contributed by atoms with Crippen LogP contribution in [0.25, 0.3) is 77.2 Å². The molecule has 0 bridgehead atoms. The molecule has 46 heavy (non-hydrogen) atoms. The van der Waals surface area contributed by atoms with Crippen molar-refractivity contribution >= 4 is 43.6 Å². The van der Waals surface area contributed by atoms with Gasteiger partial charge < -0.3 is 13.9 Å². The fourth-order valence-corrected chi connectivity index (χ4v) is 7.19. The van der Waals surface area contributed by atoms with Gasteiger partial charge in [-0.1, -0.05) is 103 Å². The predicted molar refractivity (Wildman–Crippen MR) is 193 cm³/mol. The van der Waals surface area contributed by atoms with Crippen LogP contribution in [-0.4, -0.2) is 16.2 Å². The van der Waals surface area contributed by atoms with Gasteiger partial charge in [-0.2, -0.15) is 0 Å². The molecule has 0 saturated carbocycles. The number of nitrogens with zero attached hydrogens (tertiary/aromatic N) is 2. The Labute approximate surface area is 267 Å². The maximum absolute atomic E-state index is 5.92. The monoisotopic (exact) mass is 590 g/mol. The molecule has 9 aromatic rings. The zero-order valence-electron chi connectivity index (χ0n) is 25.4. The first-order valence-electron chi connectivity index (χ1n) is 15.7. The second-order valence-corrected chi connectivity index (χ2v) is 11.7. The molecule has 0 N–H and O–H groups in total.